The minimum atomic E-state index is -0.667. The van der Waals surface area contributed by atoms with Crippen LogP contribution >= 0.6 is 0 Å². The number of esters is 1. The zero-order valence-electron chi connectivity index (χ0n) is 22.2. The average molecular weight is 542 g/mol. The number of nitrogen functional groups attached to an aromatic ring is 1. The first kappa shape index (κ1) is 28.0. The Morgan fingerprint density at radius 2 is 1.95 bits per heavy atom. The van der Waals surface area contributed by atoms with Crippen molar-refractivity contribution in [1.82, 2.24) is 19.8 Å². The second kappa shape index (κ2) is 13.2. The van der Waals surface area contributed by atoms with E-state index in [2.05, 4.69) is 14.9 Å². The lowest BCUT2D eigenvalue weighted by Crippen LogP contribution is -2.32. The smallest absolute Gasteiger partial charge is 0.353 e. The van der Waals surface area contributed by atoms with Crippen LogP contribution in [0.2, 0.25) is 0 Å². The van der Waals surface area contributed by atoms with Crippen molar-refractivity contribution in [2.45, 2.75) is 45.7 Å². The van der Waals surface area contributed by atoms with E-state index in [1.54, 1.807) is 11.8 Å². The highest BCUT2D eigenvalue weighted by atomic mass is 16.6. The number of nitro groups is 1. The number of rotatable bonds is 13. The monoisotopic (exact) mass is 541 g/mol. The van der Waals surface area contributed by atoms with Crippen LogP contribution in [0.25, 0.3) is 0 Å². The number of hydrogen-bond donors (Lipinski definition) is 1. The fraction of sp³-hybridized carbons (Fsp3) is 0.538. The highest BCUT2D eigenvalue weighted by Gasteiger charge is 2.30. The molecule has 0 spiro atoms. The van der Waals surface area contributed by atoms with E-state index >= 15 is 0 Å². The van der Waals surface area contributed by atoms with Crippen LogP contribution in [0, 0.1) is 10.1 Å². The highest BCUT2D eigenvalue weighted by Crippen LogP contribution is 2.33. The van der Waals surface area contributed by atoms with E-state index in [-0.39, 0.29) is 49.9 Å². The molecule has 13 nitrogen and oxygen atoms in total. The molecule has 0 bridgehead atoms. The Morgan fingerprint density at radius 1 is 1.18 bits per heavy atom. The van der Waals surface area contributed by atoms with Gasteiger partial charge in [0, 0.05) is 26.1 Å². The molecule has 1 aromatic heterocycles. The van der Waals surface area contributed by atoms with Gasteiger partial charge in [0.25, 0.3) is 0 Å². The normalized spacial score (nSPS) is 15.5. The molecule has 1 amide bonds. The highest BCUT2D eigenvalue weighted by molar-refractivity contribution is 5.79. The molecule has 0 aliphatic carbocycles. The van der Waals surface area contributed by atoms with E-state index in [4.69, 9.17) is 15.2 Å². The molecular formula is C26H35N7O6. The van der Waals surface area contributed by atoms with Crippen molar-refractivity contribution >= 4 is 29.2 Å². The van der Waals surface area contributed by atoms with Gasteiger partial charge in [0.2, 0.25) is 17.5 Å². The van der Waals surface area contributed by atoms with Gasteiger partial charge in [0.1, 0.15) is 13.2 Å². The SMILES string of the molecule is CCOC(=O)CN(Cc1cccc(CN2CCCC2)c1)c1nc(OCCN2CCCC2=O)nc(N)c1[N+](=O)[O-]. The summed E-state index contributed by atoms with van der Waals surface area (Å²) in [5.74, 6) is -1.03. The molecule has 2 fully saturated rings. The topological polar surface area (TPSA) is 157 Å². The maximum atomic E-state index is 12.5. The van der Waals surface area contributed by atoms with Crippen molar-refractivity contribution in [3.05, 3.63) is 45.5 Å². The first-order valence-corrected chi connectivity index (χ1v) is 13.3. The van der Waals surface area contributed by atoms with Crippen LogP contribution in [0.15, 0.2) is 24.3 Å². The molecule has 2 saturated heterocycles. The van der Waals surface area contributed by atoms with Gasteiger partial charge < -0.3 is 25.0 Å². The lowest BCUT2D eigenvalue weighted by Gasteiger charge is -2.24. The number of benzene rings is 1. The van der Waals surface area contributed by atoms with Crippen molar-refractivity contribution in [2.24, 2.45) is 0 Å². The molecule has 2 aliphatic heterocycles. The molecule has 4 rings (SSSR count). The Hall–Kier alpha value is -4.00. The molecule has 0 saturated carbocycles. The lowest BCUT2D eigenvalue weighted by molar-refractivity contribution is -0.383. The first-order chi connectivity index (χ1) is 18.8. The van der Waals surface area contributed by atoms with E-state index < -0.39 is 16.6 Å². The van der Waals surface area contributed by atoms with Crippen LogP contribution in [-0.4, -0.2) is 82.5 Å². The summed E-state index contributed by atoms with van der Waals surface area (Å²) in [4.78, 5) is 49.5. The minimum Gasteiger partial charge on any atom is -0.465 e. The molecule has 0 radical (unpaired) electrons. The third-order valence-corrected chi connectivity index (χ3v) is 6.71. The zero-order chi connectivity index (χ0) is 27.8. The van der Waals surface area contributed by atoms with Gasteiger partial charge in [-0.1, -0.05) is 24.3 Å². The number of carbonyl (C=O) groups excluding carboxylic acids is 2. The average Bonchev–Trinajstić information content (AvgIpc) is 3.55. The third-order valence-electron chi connectivity index (χ3n) is 6.71. The molecule has 3 heterocycles. The number of hydrogen-bond acceptors (Lipinski definition) is 11. The van der Waals surface area contributed by atoms with Gasteiger partial charge in [-0.15, -0.1) is 0 Å². The van der Waals surface area contributed by atoms with Crippen molar-refractivity contribution in [1.29, 1.82) is 0 Å². The number of ether oxygens (including phenoxy) is 2. The van der Waals surface area contributed by atoms with Gasteiger partial charge in [-0.25, -0.2) is 0 Å². The van der Waals surface area contributed by atoms with E-state index in [0.29, 0.717) is 19.5 Å². The van der Waals surface area contributed by atoms with Gasteiger partial charge >= 0.3 is 17.7 Å². The van der Waals surface area contributed by atoms with Crippen LogP contribution in [-0.2, 0) is 27.4 Å². The Morgan fingerprint density at radius 3 is 2.64 bits per heavy atom. The third kappa shape index (κ3) is 7.53. The summed E-state index contributed by atoms with van der Waals surface area (Å²) in [6, 6.07) is 7.72. The summed E-state index contributed by atoms with van der Waals surface area (Å²) in [5, 5.41) is 12.0. The Balaban J connectivity index is 1.59. The molecule has 0 atom stereocenters. The number of nitrogens with zero attached hydrogens (tertiary/aromatic N) is 6. The predicted octanol–water partition coefficient (Wildman–Crippen LogP) is 2.13. The Bertz CT molecular complexity index is 1190. The number of anilines is 2. The molecule has 39 heavy (non-hydrogen) atoms. The molecule has 13 heteroatoms. The quantitative estimate of drug-likeness (QED) is 0.225. The van der Waals surface area contributed by atoms with Gasteiger partial charge in [-0.3, -0.25) is 24.6 Å². The zero-order valence-corrected chi connectivity index (χ0v) is 22.2. The standard InChI is InChI=1S/C26H35N7O6/c1-2-38-22(35)18-32(17-20-8-5-7-19(15-20)16-30-10-3-4-11-30)25-23(33(36)37)24(27)28-26(29-25)39-14-13-31-12-6-9-21(31)34/h5,7-8,15H,2-4,6,9-14,16-18H2,1H3,(H2,27,28,29). The summed E-state index contributed by atoms with van der Waals surface area (Å²) < 4.78 is 10.8. The fourth-order valence-corrected chi connectivity index (χ4v) is 4.90. The molecule has 210 valence electrons. The summed E-state index contributed by atoms with van der Waals surface area (Å²) in [7, 11) is 0. The molecule has 0 unspecified atom stereocenters. The summed E-state index contributed by atoms with van der Waals surface area (Å²) in [5.41, 5.74) is 7.43. The number of likely N-dealkylation sites (tertiary alicyclic amines) is 2. The van der Waals surface area contributed by atoms with Crippen molar-refractivity contribution < 1.29 is 24.0 Å². The Labute approximate surface area is 227 Å². The molecule has 1 aromatic carbocycles. The van der Waals surface area contributed by atoms with Gasteiger partial charge in [0.05, 0.1) is 18.1 Å². The second-order valence-corrected chi connectivity index (χ2v) is 9.62. The summed E-state index contributed by atoms with van der Waals surface area (Å²) >= 11 is 0. The fourth-order valence-electron chi connectivity index (χ4n) is 4.90. The van der Waals surface area contributed by atoms with Crippen LogP contribution < -0.4 is 15.4 Å². The van der Waals surface area contributed by atoms with Crippen LogP contribution in [0.3, 0.4) is 0 Å². The van der Waals surface area contributed by atoms with Crippen molar-refractivity contribution in [2.75, 3.05) is 56.6 Å². The van der Waals surface area contributed by atoms with Crippen LogP contribution in [0.1, 0.15) is 43.7 Å². The van der Waals surface area contributed by atoms with Crippen LogP contribution in [0.5, 0.6) is 6.01 Å². The maximum Gasteiger partial charge on any atom is 0.353 e. The van der Waals surface area contributed by atoms with Gasteiger partial charge in [-0.05, 0) is 50.4 Å². The molecular weight excluding hydrogens is 506 g/mol. The number of amides is 1. The van der Waals surface area contributed by atoms with E-state index in [1.807, 2.05) is 24.3 Å². The number of nitrogens with two attached hydrogens (primary N) is 1. The Kier molecular flexibility index (Phi) is 9.47. The summed E-state index contributed by atoms with van der Waals surface area (Å²) in [6.45, 7) is 5.71. The second-order valence-electron chi connectivity index (χ2n) is 9.62. The molecule has 2 aromatic rings. The van der Waals surface area contributed by atoms with E-state index in [9.17, 15) is 19.7 Å². The largest absolute Gasteiger partial charge is 0.465 e. The van der Waals surface area contributed by atoms with Gasteiger partial charge in [-0.2, -0.15) is 9.97 Å². The molecule has 2 aliphatic rings. The minimum absolute atomic E-state index is 0.0518. The number of carbonyl (C=O) groups is 2. The predicted molar refractivity (Wildman–Crippen MR) is 143 cm³/mol. The van der Waals surface area contributed by atoms with Gasteiger partial charge in [0.15, 0.2) is 0 Å². The van der Waals surface area contributed by atoms with Crippen LogP contribution in [0.4, 0.5) is 17.3 Å². The van der Waals surface area contributed by atoms with Crippen molar-refractivity contribution in [3.8, 4) is 6.01 Å². The molecule has 2 N–H and O–H groups in total. The maximum absolute atomic E-state index is 12.5. The first-order valence-electron chi connectivity index (χ1n) is 13.3. The van der Waals surface area contributed by atoms with Crippen molar-refractivity contribution in [3.63, 3.8) is 0 Å². The lowest BCUT2D eigenvalue weighted by atomic mass is 10.1. The van der Waals surface area contributed by atoms with E-state index in [0.717, 1.165) is 37.2 Å². The number of aromatic nitrogens is 2. The summed E-state index contributed by atoms with van der Waals surface area (Å²) in [6.07, 6.45) is 3.67. The van der Waals surface area contributed by atoms with E-state index in [1.165, 1.54) is 17.7 Å².